The molecule has 0 aromatic carbocycles. The van der Waals surface area contributed by atoms with Gasteiger partial charge in [-0.1, -0.05) is 15.9 Å². The topological polar surface area (TPSA) is 71.8 Å². The van der Waals surface area contributed by atoms with E-state index in [9.17, 15) is 4.79 Å². The van der Waals surface area contributed by atoms with E-state index in [-0.39, 0.29) is 11.5 Å². The number of halogens is 1. The number of aromatic nitrogens is 2. The van der Waals surface area contributed by atoms with Crippen molar-refractivity contribution in [3.63, 3.8) is 0 Å². The Morgan fingerprint density at radius 1 is 1.67 bits per heavy atom. The van der Waals surface area contributed by atoms with Crippen LogP contribution >= 0.6 is 15.9 Å². The highest BCUT2D eigenvalue weighted by atomic mass is 79.9. The predicted octanol–water partition coefficient (Wildman–Crippen LogP) is 0.598. The molecule has 4 nitrogen and oxygen atoms in total. The molecule has 0 aliphatic rings. The number of aromatic amines is 1. The van der Waals surface area contributed by atoms with Gasteiger partial charge in [0.15, 0.2) is 0 Å². The second kappa shape index (κ2) is 3.71. The standard InChI is InChI=1S/C7H10BrN3O/c1-4-5(2-3-8)6(12)11-7(9)10-4/h2-3H2,1H3,(H3,9,10,11,12). The average molecular weight is 232 g/mol. The molecule has 12 heavy (non-hydrogen) atoms. The Bertz CT molecular complexity index is 334. The molecule has 0 fully saturated rings. The van der Waals surface area contributed by atoms with Crippen molar-refractivity contribution in [3.05, 3.63) is 21.6 Å². The molecule has 5 heteroatoms. The Kier molecular flexibility index (Phi) is 2.86. The van der Waals surface area contributed by atoms with Crippen LogP contribution in [-0.4, -0.2) is 15.3 Å². The van der Waals surface area contributed by atoms with Crippen LogP contribution in [-0.2, 0) is 6.42 Å². The maximum absolute atomic E-state index is 11.3. The van der Waals surface area contributed by atoms with E-state index in [2.05, 4.69) is 25.9 Å². The summed E-state index contributed by atoms with van der Waals surface area (Å²) in [4.78, 5) is 17.7. The third-order valence-electron chi connectivity index (χ3n) is 1.59. The minimum absolute atomic E-state index is 0.139. The van der Waals surface area contributed by atoms with Crippen molar-refractivity contribution in [1.82, 2.24) is 9.97 Å². The van der Waals surface area contributed by atoms with Gasteiger partial charge < -0.3 is 5.73 Å². The minimum atomic E-state index is -0.139. The number of nitrogen functional groups attached to an aromatic ring is 1. The molecule has 1 rings (SSSR count). The van der Waals surface area contributed by atoms with Crippen LogP contribution in [0.3, 0.4) is 0 Å². The van der Waals surface area contributed by atoms with Crippen molar-refractivity contribution in [3.8, 4) is 0 Å². The lowest BCUT2D eigenvalue weighted by atomic mass is 10.2. The first-order chi connectivity index (χ1) is 5.65. The minimum Gasteiger partial charge on any atom is -0.369 e. The molecule has 1 aromatic rings. The molecule has 0 saturated heterocycles. The highest BCUT2D eigenvalue weighted by Crippen LogP contribution is 2.01. The van der Waals surface area contributed by atoms with Crippen molar-refractivity contribution in [2.24, 2.45) is 0 Å². The number of nitrogens with one attached hydrogen (secondary N) is 1. The van der Waals surface area contributed by atoms with Gasteiger partial charge in [-0.15, -0.1) is 0 Å². The smallest absolute Gasteiger partial charge is 0.255 e. The Hall–Kier alpha value is -0.840. The van der Waals surface area contributed by atoms with Crippen molar-refractivity contribution < 1.29 is 0 Å². The molecule has 3 N–H and O–H groups in total. The Labute approximate surface area is 78.3 Å². The number of alkyl halides is 1. The molecule has 0 saturated carbocycles. The quantitative estimate of drug-likeness (QED) is 0.733. The average Bonchev–Trinajstić information content (AvgIpc) is 1.96. The van der Waals surface area contributed by atoms with E-state index >= 15 is 0 Å². The molecule has 0 atom stereocenters. The Balaban J connectivity index is 3.19. The summed E-state index contributed by atoms with van der Waals surface area (Å²) < 4.78 is 0. The van der Waals surface area contributed by atoms with E-state index in [1.807, 2.05) is 0 Å². The summed E-state index contributed by atoms with van der Waals surface area (Å²) in [6.07, 6.45) is 0.675. The molecular formula is C7H10BrN3O. The molecule has 1 heterocycles. The first-order valence-electron chi connectivity index (χ1n) is 3.56. The number of hydrogen-bond acceptors (Lipinski definition) is 3. The largest absolute Gasteiger partial charge is 0.369 e. The van der Waals surface area contributed by atoms with E-state index in [1.54, 1.807) is 6.92 Å². The van der Waals surface area contributed by atoms with Crippen LogP contribution in [0.5, 0.6) is 0 Å². The van der Waals surface area contributed by atoms with Gasteiger partial charge >= 0.3 is 0 Å². The molecule has 0 unspecified atom stereocenters. The summed E-state index contributed by atoms with van der Waals surface area (Å²) in [6.45, 7) is 1.78. The third kappa shape index (κ3) is 1.85. The summed E-state index contributed by atoms with van der Waals surface area (Å²) in [5.41, 5.74) is 6.61. The summed E-state index contributed by atoms with van der Waals surface area (Å²) in [5, 5.41) is 0.752. The van der Waals surface area contributed by atoms with E-state index in [1.165, 1.54) is 0 Å². The van der Waals surface area contributed by atoms with Crippen LogP contribution in [0.4, 0.5) is 5.95 Å². The van der Waals surface area contributed by atoms with Gasteiger partial charge in [-0.2, -0.15) is 0 Å². The first kappa shape index (κ1) is 9.25. The molecule has 1 aromatic heterocycles. The SMILES string of the molecule is Cc1nc(N)[nH]c(=O)c1CCBr. The van der Waals surface area contributed by atoms with Gasteiger partial charge in [0, 0.05) is 16.6 Å². The second-order valence-electron chi connectivity index (χ2n) is 2.45. The molecule has 0 radical (unpaired) electrons. The van der Waals surface area contributed by atoms with Crippen LogP contribution in [0.25, 0.3) is 0 Å². The maximum Gasteiger partial charge on any atom is 0.255 e. The van der Waals surface area contributed by atoms with Gasteiger partial charge in [-0.3, -0.25) is 9.78 Å². The molecule has 0 spiro atoms. The van der Waals surface area contributed by atoms with Gasteiger partial charge in [0.25, 0.3) is 5.56 Å². The highest BCUT2D eigenvalue weighted by molar-refractivity contribution is 9.09. The maximum atomic E-state index is 11.3. The van der Waals surface area contributed by atoms with Gasteiger partial charge in [0.1, 0.15) is 0 Å². The van der Waals surface area contributed by atoms with Crippen LogP contribution in [0.15, 0.2) is 4.79 Å². The highest BCUT2D eigenvalue weighted by Gasteiger charge is 2.04. The van der Waals surface area contributed by atoms with E-state index in [0.717, 1.165) is 5.33 Å². The number of anilines is 1. The van der Waals surface area contributed by atoms with Crippen LogP contribution < -0.4 is 11.3 Å². The molecular weight excluding hydrogens is 222 g/mol. The van der Waals surface area contributed by atoms with Crippen molar-refractivity contribution >= 4 is 21.9 Å². The lowest BCUT2D eigenvalue weighted by molar-refractivity contribution is 0.980. The monoisotopic (exact) mass is 231 g/mol. The van der Waals surface area contributed by atoms with Crippen LogP contribution in [0, 0.1) is 6.92 Å². The number of hydrogen-bond donors (Lipinski definition) is 2. The zero-order chi connectivity index (χ0) is 9.14. The predicted molar refractivity (Wildman–Crippen MR) is 51.5 cm³/mol. The van der Waals surface area contributed by atoms with Crippen molar-refractivity contribution in [1.29, 1.82) is 0 Å². The van der Waals surface area contributed by atoms with E-state index in [0.29, 0.717) is 17.7 Å². The van der Waals surface area contributed by atoms with Crippen molar-refractivity contribution in [2.45, 2.75) is 13.3 Å². The number of nitrogens with zero attached hydrogens (tertiary/aromatic N) is 1. The van der Waals surface area contributed by atoms with Gasteiger partial charge in [0.2, 0.25) is 5.95 Å². The molecule has 0 aliphatic heterocycles. The summed E-state index contributed by atoms with van der Waals surface area (Å²) in [7, 11) is 0. The molecule has 0 amide bonds. The van der Waals surface area contributed by atoms with Crippen molar-refractivity contribution in [2.75, 3.05) is 11.1 Å². The summed E-state index contributed by atoms with van der Waals surface area (Å²) in [6, 6.07) is 0. The summed E-state index contributed by atoms with van der Waals surface area (Å²) >= 11 is 3.26. The van der Waals surface area contributed by atoms with Gasteiger partial charge in [0.05, 0.1) is 0 Å². The lowest BCUT2D eigenvalue weighted by Gasteiger charge is -2.01. The normalized spacial score (nSPS) is 10.2. The third-order valence-corrected chi connectivity index (χ3v) is 1.98. The zero-order valence-corrected chi connectivity index (χ0v) is 8.31. The first-order valence-corrected chi connectivity index (χ1v) is 4.68. The number of H-pyrrole nitrogens is 1. The molecule has 0 aliphatic carbocycles. The van der Waals surface area contributed by atoms with Gasteiger partial charge in [-0.25, -0.2) is 4.98 Å². The van der Waals surface area contributed by atoms with E-state index < -0.39 is 0 Å². The van der Waals surface area contributed by atoms with E-state index in [4.69, 9.17) is 5.73 Å². The Morgan fingerprint density at radius 2 is 2.33 bits per heavy atom. The van der Waals surface area contributed by atoms with Crippen LogP contribution in [0.2, 0.25) is 0 Å². The molecule has 0 bridgehead atoms. The summed E-state index contributed by atoms with van der Waals surface area (Å²) in [5.74, 6) is 0.177. The number of nitrogens with two attached hydrogens (primary N) is 1. The lowest BCUT2D eigenvalue weighted by Crippen LogP contribution is -2.18. The fourth-order valence-electron chi connectivity index (χ4n) is 1.02. The zero-order valence-electron chi connectivity index (χ0n) is 6.72. The fraction of sp³-hybridized carbons (Fsp3) is 0.429. The Morgan fingerprint density at radius 3 is 2.83 bits per heavy atom. The molecule has 66 valence electrons. The second-order valence-corrected chi connectivity index (χ2v) is 3.25. The van der Waals surface area contributed by atoms with Crippen LogP contribution in [0.1, 0.15) is 11.3 Å². The van der Waals surface area contributed by atoms with Gasteiger partial charge in [-0.05, 0) is 13.3 Å². The number of aryl methyl sites for hydroxylation is 1. The number of rotatable bonds is 2. The fourth-order valence-corrected chi connectivity index (χ4v) is 1.42.